The molecule has 414 valence electrons. The van der Waals surface area contributed by atoms with E-state index in [2.05, 4.69) is 0 Å². The zero-order valence-electron chi connectivity index (χ0n) is 36.3. The van der Waals surface area contributed by atoms with Crippen molar-refractivity contribution >= 4 is 17.7 Å². The van der Waals surface area contributed by atoms with Crippen LogP contribution in [0.2, 0.25) is 0 Å². The first-order valence-electron chi connectivity index (χ1n) is 19.4. The summed E-state index contributed by atoms with van der Waals surface area (Å²) in [6.07, 6.45) is -8.57. The van der Waals surface area contributed by atoms with Gasteiger partial charge >= 0.3 is 35.6 Å². The fourth-order valence-corrected chi connectivity index (χ4v) is 7.31. The van der Waals surface area contributed by atoms with E-state index >= 15 is 0 Å². The molecule has 74 heavy (non-hydrogen) atoms. The maximum atomic E-state index is 13.9. The van der Waals surface area contributed by atoms with Crippen molar-refractivity contribution in [1.82, 2.24) is 15.5 Å². The number of phenolic OH excluding ortho intramolecular Hbond substituents is 13. The highest BCUT2D eigenvalue weighted by Gasteiger charge is 2.72. The number of urea groups is 1. The van der Waals surface area contributed by atoms with Gasteiger partial charge < -0.3 is 168 Å². The number of aliphatic hydroxyl groups is 18. The highest BCUT2D eigenvalue weighted by Crippen LogP contribution is 2.58. The minimum absolute atomic E-state index is 0.342. The molecule has 0 bridgehead atoms. The van der Waals surface area contributed by atoms with Gasteiger partial charge in [0.1, 0.15) is 40.7 Å². The molecule has 0 saturated carbocycles. The zero-order valence-corrected chi connectivity index (χ0v) is 36.3. The number of amides is 3. The van der Waals surface area contributed by atoms with Gasteiger partial charge in [-0.3, -0.25) is 19.8 Å². The van der Waals surface area contributed by atoms with Gasteiger partial charge in [-0.15, -0.1) is 0 Å². The summed E-state index contributed by atoms with van der Waals surface area (Å²) < 4.78 is 4.77. The summed E-state index contributed by atoms with van der Waals surface area (Å²) in [5.74, 6) is -65.8. The van der Waals surface area contributed by atoms with Crippen LogP contribution in [0, 0.1) is 0 Å². The Morgan fingerprint density at radius 3 is 1.32 bits per heavy atom. The van der Waals surface area contributed by atoms with Gasteiger partial charge in [0, 0.05) is 12.8 Å². The lowest BCUT2D eigenvalue weighted by Gasteiger charge is -2.52. The molecule has 1 heterocycles. The van der Waals surface area contributed by atoms with Gasteiger partial charge in [-0.05, 0) is 6.92 Å². The molecule has 38 heteroatoms. The van der Waals surface area contributed by atoms with Crippen LogP contribution in [0.4, 0.5) is 4.79 Å². The van der Waals surface area contributed by atoms with Crippen LogP contribution in [-0.4, -0.2) is 229 Å². The molecule has 3 aromatic carbocycles. The van der Waals surface area contributed by atoms with Crippen molar-refractivity contribution in [1.29, 1.82) is 0 Å². The highest BCUT2D eigenvalue weighted by molar-refractivity contribution is 5.88. The molecular formula is C36H45N3O35. The van der Waals surface area contributed by atoms with E-state index < -0.39 is 210 Å². The minimum atomic E-state index is -5.06. The molecule has 4 atom stereocenters. The fourth-order valence-electron chi connectivity index (χ4n) is 7.31. The molecule has 1 aliphatic heterocycles. The summed E-state index contributed by atoms with van der Waals surface area (Å²) in [5.41, 5.74) is -13.4. The first-order chi connectivity index (χ1) is 33.1. The van der Waals surface area contributed by atoms with Crippen LogP contribution in [0.5, 0.6) is 80.5 Å². The number of ether oxygens (including phenoxy) is 1. The van der Waals surface area contributed by atoms with E-state index in [9.17, 15) is 173 Å². The Labute approximate surface area is 404 Å². The standard InChI is InChI=1S/C36H45N3O35/c1-5(39-28(56)38-35(70,71)34(68,69)36(39,72)73)27(55)37-7(30(58,59)9-13(42)20(49)24(53)21(50)14(9)43)2-8(41)29(57,31(60,61)10-15(44)22(51)25(54)23(52)16(10)45)3-6(40)4-74-26-11(32(62,63)64)17(46)19(48)18(47)12(26)33(65,66)67/h5,7-8,41-54,57-73H,2-4H2,1H3,(H,37,55)(H,38,56). The molecular weight excluding hydrogens is 1030 g/mol. The Bertz CT molecular complexity index is 2660. The SMILES string of the molecule is CC(C(=O)NC(CC(O)C(O)(CC(=O)COc1c(C(O)(O)O)c(O)c(O)c(O)c1C(O)(O)O)C(O)(O)c1c(O)c(O)c(O)c(O)c1O)C(O)(O)c1c(O)c(O)c(O)c(O)c1O)N1C(=O)NC(O)(O)C(O)(O)C1(O)O. The monoisotopic (exact) mass is 1080 g/mol. The lowest BCUT2D eigenvalue weighted by molar-refractivity contribution is -0.495. The Hall–Kier alpha value is -7.45. The molecule has 0 radical (unpaired) electrons. The molecule has 3 amide bonds. The minimum Gasteiger partial charge on any atom is -0.504 e. The number of carbonyl (C=O) groups is 3. The molecule has 33 N–H and O–H groups in total. The van der Waals surface area contributed by atoms with Crippen molar-refractivity contribution in [2.45, 2.75) is 84.7 Å². The van der Waals surface area contributed by atoms with Gasteiger partial charge in [-0.25, -0.2) is 4.79 Å². The number of nitrogens with zero attached hydrogens (tertiary/aromatic N) is 1. The number of ketones is 1. The van der Waals surface area contributed by atoms with E-state index in [1.807, 2.05) is 0 Å². The second kappa shape index (κ2) is 18.5. The van der Waals surface area contributed by atoms with Crippen molar-refractivity contribution in [2.24, 2.45) is 0 Å². The molecule has 1 fully saturated rings. The van der Waals surface area contributed by atoms with Crippen LogP contribution in [0.15, 0.2) is 0 Å². The highest BCUT2D eigenvalue weighted by atomic mass is 16.7. The summed E-state index contributed by atoms with van der Waals surface area (Å²) >= 11 is 0. The number of nitrogens with one attached hydrogen (secondary N) is 2. The second-order valence-electron chi connectivity index (χ2n) is 16.2. The predicted molar refractivity (Wildman–Crippen MR) is 214 cm³/mol. The molecule has 38 nitrogen and oxygen atoms in total. The number of benzene rings is 3. The third kappa shape index (κ3) is 9.18. The summed E-state index contributed by atoms with van der Waals surface area (Å²) in [6, 6.07) is -8.55. The molecule has 0 aliphatic carbocycles. The second-order valence-corrected chi connectivity index (χ2v) is 16.2. The smallest absolute Gasteiger partial charge is 0.326 e. The van der Waals surface area contributed by atoms with Crippen LogP contribution in [0.25, 0.3) is 0 Å². The summed E-state index contributed by atoms with van der Waals surface area (Å²) in [7, 11) is 0. The van der Waals surface area contributed by atoms with Crippen LogP contribution in [-0.2, 0) is 33.1 Å². The van der Waals surface area contributed by atoms with Gasteiger partial charge in [-0.1, -0.05) is 0 Å². The molecule has 0 spiro atoms. The summed E-state index contributed by atoms with van der Waals surface area (Å²) in [5, 5.41) is 327. The van der Waals surface area contributed by atoms with E-state index in [1.54, 1.807) is 0 Å². The third-order valence-electron chi connectivity index (χ3n) is 11.3. The van der Waals surface area contributed by atoms with E-state index in [0.717, 1.165) is 5.32 Å². The predicted octanol–water partition coefficient (Wildman–Crippen LogP) is -11.6. The molecule has 0 aromatic heterocycles. The molecule has 3 aromatic rings. The first-order valence-corrected chi connectivity index (χ1v) is 19.4. The lowest BCUT2D eigenvalue weighted by atomic mass is 9.75. The van der Waals surface area contributed by atoms with Gasteiger partial charge in [-0.2, -0.15) is 0 Å². The Morgan fingerprint density at radius 1 is 0.581 bits per heavy atom. The van der Waals surface area contributed by atoms with Crippen LogP contribution < -0.4 is 15.4 Å². The van der Waals surface area contributed by atoms with E-state index in [1.165, 1.54) is 5.32 Å². The lowest BCUT2D eigenvalue weighted by Crippen LogP contribution is -2.86. The van der Waals surface area contributed by atoms with Crippen molar-refractivity contribution in [3.05, 3.63) is 22.3 Å². The maximum absolute atomic E-state index is 13.9. The molecule has 4 unspecified atom stereocenters. The van der Waals surface area contributed by atoms with E-state index in [-0.39, 0.29) is 0 Å². The summed E-state index contributed by atoms with van der Waals surface area (Å²) in [6.45, 7) is -1.81. The average Bonchev–Trinajstić information content (AvgIpc) is 3.25. The number of phenols is 13. The van der Waals surface area contributed by atoms with E-state index in [4.69, 9.17) is 4.74 Å². The van der Waals surface area contributed by atoms with Gasteiger partial charge in [0.25, 0.3) is 0 Å². The number of hydrogen-bond donors (Lipinski definition) is 33. The largest absolute Gasteiger partial charge is 0.504 e. The normalized spacial score (nSPS) is 17.9. The Morgan fingerprint density at radius 2 is 0.932 bits per heavy atom. The van der Waals surface area contributed by atoms with Gasteiger partial charge in [0.05, 0.1) is 12.1 Å². The maximum Gasteiger partial charge on any atom is 0.326 e. The van der Waals surface area contributed by atoms with Crippen molar-refractivity contribution < 1.29 is 177 Å². The zero-order chi connectivity index (χ0) is 57.7. The Kier molecular flexibility index (Phi) is 14.8. The van der Waals surface area contributed by atoms with Crippen LogP contribution in [0.3, 0.4) is 0 Å². The fraction of sp³-hybridized carbons (Fsp3) is 0.417. The molecule has 1 saturated heterocycles. The molecule has 4 rings (SSSR count). The van der Waals surface area contributed by atoms with Crippen LogP contribution in [0.1, 0.15) is 42.0 Å². The number of rotatable bonds is 17. The van der Waals surface area contributed by atoms with Gasteiger partial charge in [0.2, 0.25) is 57.7 Å². The third-order valence-corrected chi connectivity index (χ3v) is 11.3. The average molecular weight is 1080 g/mol. The topological polar surface area (TPSA) is 715 Å². The Balaban J connectivity index is 2.02. The summed E-state index contributed by atoms with van der Waals surface area (Å²) in [4.78, 5) is 39.7. The number of hydrogen-bond acceptors (Lipinski definition) is 35. The van der Waals surface area contributed by atoms with Crippen molar-refractivity contribution in [2.75, 3.05) is 6.61 Å². The molecule has 1 aliphatic rings. The van der Waals surface area contributed by atoms with Crippen LogP contribution >= 0.6 is 0 Å². The quantitative estimate of drug-likeness (QED) is 0.0339. The number of Topliss-reactive ketones (excluding diaryl/α,β-unsaturated/α-hetero) is 1. The number of aliphatic hydroxyl groups excluding tert-OH is 1. The van der Waals surface area contributed by atoms with Crippen molar-refractivity contribution in [3.8, 4) is 80.5 Å². The van der Waals surface area contributed by atoms with E-state index in [0.29, 0.717) is 6.92 Å². The van der Waals surface area contributed by atoms with Crippen molar-refractivity contribution in [3.63, 3.8) is 0 Å². The first kappa shape index (κ1) is 59.1. The number of aromatic hydroxyl groups is 13. The van der Waals surface area contributed by atoms with Gasteiger partial charge in [0.15, 0.2) is 45.9 Å². The number of carbonyl (C=O) groups excluding carboxylic acids is 3.